The smallest absolute Gasteiger partial charge is 0.273 e. The molecule has 0 saturated carbocycles. The molecule has 1 aliphatic rings. The highest BCUT2D eigenvalue weighted by atomic mass is 16.5. The zero-order valence-electron chi connectivity index (χ0n) is 17.4. The molecule has 1 aliphatic heterocycles. The normalized spacial score (nSPS) is 15.3. The van der Waals surface area contributed by atoms with E-state index in [0.29, 0.717) is 18.4 Å². The highest BCUT2D eigenvalue weighted by molar-refractivity contribution is 5.96. The van der Waals surface area contributed by atoms with E-state index in [9.17, 15) is 4.79 Å². The second kappa shape index (κ2) is 8.95. The SMILES string of the molecule is COc1ccnc(N2CCC(CNC(=O)c3nccnc3N)(c3ccccc3)CC2)n1. The van der Waals surface area contributed by atoms with Crippen molar-refractivity contribution in [1.29, 1.82) is 0 Å². The molecule has 2 aromatic heterocycles. The summed E-state index contributed by atoms with van der Waals surface area (Å²) in [5, 5.41) is 3.03. The lowest BCUT2D eigenvalue weighted by molar-refractivity contribution is 0.0934. The first-order valence-corrected chi connectivity index (χ1v) is 10.1. The van der Waals surface area contributed by atoms with Crippen LogP contribution in [0.15, 0.2) is 55.0 Å². The average Bonchev–Trinajstić information content (AvgIpc) is 2.84. The summed E-state index contributed by atoms with van der Waals surface area (Å²) in [4.78, 5) is 31.7. The molecule has 3 aromatic rings. The van der Waals surface area contributed by atoms with E-state index in [2.05, 4.69) is 42.3 Å². The van der Waals surface area contributed by atoms with E-state index in [1.165, 1.54) is 18.0 Å². The number of anilines is 2. The molecule has 0 spiro atoms. The number of benzene rings is 1. The monoisotopic (exact) mass is 419 g/mol. The highest BCUT2D eigenvalue weighted by Gasteiger charge is 2.37. The van der Waals surface area contributed by atoms with Gasteiger partial charge in [0, 0.05) is 49.7 Å². The largest absolute Gasteiger partial charge is 0.481 e. The zero-order chi connectivity index (χ0) is 21.7. The van der Waals surface area contributed by atoms with Crippen molar-refractivity contribution in [2.75, 3.05) is 37.4 Å². The maximum Gasteiger partial charge on any atom is 0.273 e. The van der Waals surface area contributed by atoms with Crippen LogP contribution in [-0.4, -0.2) is 52.6 Å². The summed E-state index contributed by atoms with van der Waals surface area (Å²) in [6, 6.07) is 12.0. The fourth-order valence-electron chi connectivity index (χ4n) is 3.95. The van der Waals surface area contributed by atoms with Gasteiger partial charge in [-0.25, -0.2) is 15.0 Å². The van der Waals surface area contributed by atoms with Crippen molar-refractivity contribution in [3.8, 4) is 5.88 Å². The number of aromatic nitrogens is 4. The molecule has 9 heteroatoms. The molecule has 0 unspecified atom stereocenters. The number of carbonyl (C=O) groups is 1. The molecule has 1 aromatic carbocycles. The number of hydrogen-bond donors (Lipinski definition) is 2. The molecule has 0 radical (unpaired) electrons. The van der Waals surface area contributed by atoms with Crippen molar-refractivity contribution in [3.05, 3.63) is 66.2 Å². The number of ether oxygens (including phenoxy) is 1. The number of nitrogens with one attached hydrogen (secondary N) is 1. The topological polar surface area (TPSA) is 119 Å². The number of methoxy groups -OCH3 is 1. The fraction of sp³-hybridized carbons (Fsp3) is 0.318. The van der Waals surface area contributed by atoms with Gasteiger partial charge in [0.25, 0.3) is 5.91 Å². The molecular formula is C22H25N7O2. The van der Waals surface area contributed by atoms with Gasteiger partial charge in [0.1, 0.15) is 0 Å². The van der Waals surface area contributed by atoms with Crippen molar-refractivity contribution in [2.45, 2.75) is 18.3 Å². The Morgan fingerprint density at radius 1 is 1.10 bits per heavy atom. The van der Waals surface area contributed by atoms with Crippen LogP contribution in [0.5, 0.6) is 5.88 Å². The van der Waals surface area contributed by atoms with Gasteiger partial charge in [0.05, 0.1) is 7.11 Å². The first kappa shape index (κ1) is 20.5. The number of piperidine rings is 1. The minimum Gasteiger partial charge on any atom is -0.481 e. The fourth-order valence-corrected chi connectivity index (χ4v) is 3.95. The summed E-state index contributed by atoms with van der Waals surface area (Å²) in [7, 11) is 1.59. The summed E-state index contributed by atoms with van der Waals surface area (Å²) in [6.07, 6.45) is 6.28. The number of nitrogens with zero attached hydrogens (tertiary/aromatic N) is 5. The first-order valence-electron chi connectivity index (χ1n) is 10.1. The van der Waals surface area contributed by atoms with Gasteiger partial charge in [0.15, 0.2) is 11.5 Å². The van der Waals surface area contributed by atoms with Gasteiger partial charge in [0.2, 0.25) is 11.8 Å². The summed E-state index contributed by atoms with van der Waals surface area (Å²) >= 11 is 0. The number of amides is 1. The summed E-state index contributed by atoms with van der Waals surface area (Å²) in [6.45, 7) is 1.98. The van der Waals surface area contributed by atoms with Crippen LogP contribution >= 0.6 is 0 Å². The van der Waals surface area contributed by atoms with E-state index in [1.807, 2.05) is 18.2 Å². The number of hydrogen-bond acceptors (Lipinski definition) is 8. The van der Waals surface area contributed by atoms with Gasteiger partial charge in [-0.05, 0) is 18.4 Å². The van der Waals surface area contributed by atoms with E-state index < -0.39 is 0 Å². The Morgan fingerprint density at radius 2 is 1.84 bits per heavy atom. The molecule has 4 rings (SSSR count). The third kappa shape index (κ3) is 4.40. The van der Waals surface area contributed by atoms with E-state index in [0.717, 1.165) is 25.9 Å². The molecule has 3 N–H and O–H groups in total. The van der Waals surface area contributed by atoms with E-state index in [-0.39, 0.29) is 22.8 Å². The van der Waals surface area contributed by atoms with Crippen LogP contribution in [0, 0.1) is 0 Å². The second-order valence-electron chi connectivity index (χ2n) is 7.51. The summed E-state index contributed by atoms with van der Waals surface area (Å²) < 4.78 is 5.23. The van der Waals surface area contributed by atoms with Crippen LogP contribution in [0.4, 0.5) is 11.8 Å². The van der Waals surface area contributed by atoms with Crippen molar-refractivity contribution in [2.24, 2.45) is 0 Å². The molecule has 0 bridgehead atoms. The third-order valence-electron chi connectivity index (χ3n) is 5.74. The van der Waals surface area contributed by atoms with Gasteiger partial charge in [-0.2, -0.15) is 4.98 Å². The molecule has 160 valence electrons. The number of rotatable bonds is 6. The Hall–Kier alpha value is -3.75. The Labute approximate surface area is 180 Å². The zero-order valence-corrected chi connectivity index (χ0v) is 17.4. The van der Waals surface area contributed by atoms with Crippen molar-refractivity contribution >= 4 is 17.7 Å². The maximum absolute atomic E-state index is 12.7. The molecule has 3 heterocycles. The Balaban J connectivity index is 1.52. The van der Waals surface area contributed by atoms with E-state index in [1.54, 1.807) is 19.4 Å². The summed E-state index contributed by atoms with van der Waals surface area (Å²) in [5.74, 6) is 0.995. The number of nitrogens with two attached hydrogens (primary N) is 1. The predicted molar refractivity (Wildman–Crippen MR) is 117 cm³/mol. The van der Waals surface area contributed by atoms with Crippen LogP contribution in [-0.2, 0) is 5.41 Å². The molecular weight excluding hydrogens is 394 g/mol. The maximum atomic E-state index is 12.7. The van der Waals surface area contributed by atoms with Crippen LogP contribution < -0.4 is 20.7 Å². The van der Waals surface area contributed by atoms with Crippen LogP contribution in [0.2, 0.25) is 0 Å². The van der Waals surface area contributed by atoms with Crippen LogP contribution in [0.25, 0.3) is 0 Å². The first-order chi connectivity index (χ1) is 15.1. The highest BCUT2D eigenvalue weighted by Crippen LogP contribution is 2.36. The van der Waals surface area contributed by atoms with Gasteiger partial charge in [-0.3, -0.25) is 4.79 Å². The predicted octanol–water partition coefficient (Wildman–Crippen LogP) is 1.83. The summed E-state index contributed by atoms with van der Waals surface area (Å²) in [5.41, 5.74) is 6.93. The molecule has 1 saturated heterocycles. The molecule has 1 amide bonds. The minimum absolute atomic E-state index is 0.124. The quantitative estimate of drug-likeness (QED) is 0.621. The van der Waals surface area contributed by atoms with Gasteiger partial charge >= 0.3 is 0 Å². The number of nitrogen functional groups attached to an aromatic ring is 1. The standard InChI is InChI=1S/C22H25N7O2/c1-31-17-7-10-26-21(28-17)29-13-8-22(9-14-29,16-5-3-2-4-6-16)15-27-20(30)18-19(23)25-12-11-24-18/h2-7,10-12H,8-9,13-15H2,1H3,(H2,23,25)(H,27,30). The molecule has 0 atom stereocenters. The van der Waals surface area contributed by atoms with Crippen molar-refractivity contribution < 1.29 is 9.53 Å². The molecule has 0 aliphatic carbocycles. The lowest BCUT2D eigenvalue weighted by atomic mass is 9.72. The van der Waals surface area contributed by atoms with Gasteiger partial charge in [-0.15, -0.1) is 0 Å². The minimum atomic E-state index is -0.320. The third-order valence-corrected chi connectivity index (χ3v) is 5.74. The lowest BCUT2D eigenvalue weighted by Gasteiger charge is -2.42. The second-order valence-corrected chi connectivity index (χ2v) is 7.51. The Morgan fingerprint density at radius 3 is 2.55 bits per heavy atom. The molecule has 31 heavy (non-hydrogen) atoms. The van der Waals surface area contributed by atoms with Gasteiger partial charge < -0.3 is 20.7 Å². The van der Waals surface area contributed by atoms with Crippen LogP contribution in [0.1, 0.15) is 28.9 Å². The molecule has 9 nitrogen and oxygen atoms in total. The van der Waals surface area contributed by atoms with E-state index in [4.69, 9.17) is 10.5 Å². The van der Waals surface area contributed by atoms with Crippen molar-refractivity contribution in [3.63, 3.8) is 0 Å². The van der Waals surface area contributed by atoms with Crippen molar-refractivity contribution in [1.82, 2.24) is 25.3 Å². The Bertz CT molecular complexity index is 1040. The van der Waals surface area contributed by atoms with E-state index >= 15 is 0 Å². The number of carbonyl (C=O) groups excluding carboxylic acids is 1. The average molecular weight is 419 g/mol. The van der Waals surface area contributed by atoms with Crippen LogP contribution in [0.3, 0.4) is 0 Å². The molecule has 1 fully saturated rings. The van der Waals surface area contributed by atoms with Gasteiger partial charge in [-0.1, -0.05) is 30.3 Å². The Kier molecular flexibility index (Phi) is 5.92. The lowest BCUT2D eigenvalue weighted by Crippen LogP contribution is -2.49.